The number of hydrogen-bond acceptors (Lipinski definition) is 3. The number of sulfonamides is 1. The first-order valence-electron chi connectivity index (χ1n) is 6.41. The number of rotatable bonds is 3. The second kappa shape index (κ2) is 5.99. The van der Waals surface area contributed by atoms with E-state index in [9.17, 15) is 26.4 Å². The molecule has 0 aromatic carbocycles. The molecular weight excluding hydrogens is 311 g/mol. The van der Waals surface area contributed by atoms with Gasteiger partial charge in [-0.1, -0.05) is 0 Å². The van der Waals surface area contributed by atoms with E-state index in [2.05, 4.69) is 0 Å². The third-order valence-electron chi connectivity index (χ3n) is 3.65. The fourth-order valence-electron chi connectivity index (χ4n) is 2.19. The zero-order valence-corrected chi connectivity index (χ0v) is 13.2. The molecule has 0 unspecified atom stereocenters. The van der Waals surface area contributed by atoms with E-state index < -0.39 is 46.5 Å². The highest BCUT2D eigenvalue weighted by molar-refractivity contribution is 7.89. The van der Waals surface area contributed by atoms with Gasteiger partial charge in [-0.05, 0) is 6.92 Å². The fourth-order valence-corrected chi connectivity index (χ4v) is 3.76. The van der Waals surface area contributed by atoms with Gasteiger partial charge in [-0.25, -0.2) is 17.5 Å². The molecule has 1 rings (SSSR count). The SMILES string of the molecule is CCN(C)C(=O)N1C[C@H](C(F)(F)F)[C@@H](S(=O)(=O)N(C)C)C1. The first kappa shape index (κ1) is 18.0. The van der Waals surface area contributed by atoms with Gasteiger partial charge in [0.2, 0.25) is 10.0 Å². The van der Waals surface area contributed by atoms with E-state index >= 15 is 0 Å². The van der Waals surface area contributed by atoms with Crippen LogP contribution in [-0.2, 0) is 10.0 Å². The lowest BCUT2D eigenvalue weighted by Gasteiger charge is -2.23. The van der Waals surface area contributed by atoms with Crippen LogP contribution in [0.1, 0.15) is 6.92 Å². The third-order valence-corrected chi connectivity index (χ3v) is 5.91. The first-order chi connectivity index (χ1) is 9.42. The molecule has 0 bridgehead atoms. The number of likely N-dealkylation sites (tertiary alicyclic amines) is 1. The number of carbonyl (C=O) groups excluding carboxylic acids is 1. The number of halogens is 3. The zero-order chi connectivity index (χ0) is 16.6. The van der Waals surface area contributed by atoms with Crippen molar-refractivity contribution in [3.63, 3.8) is 0 Å². The maximum atomic E-state index is 13.1. The van der Waals surface area contributed by atoms with Crippen molar-refractivity contribution < 1.29 is 26.4 Å². The van der Waals surface area contributed by atoms with E-state index in [1.165, 1.54) is 26.0 Å². The largest absolute Gasteiger partial charge is 0.394 e. The number of carbonyl (C=O) groups is 1. The Labute approximate surface area is 122 Å². The predicted molar refractivity (Wildman–Crippen MR) is 71.2 cm³/mol. The van der Waals surface area contributed by atoms with Crippen molar-refractivity contribution in [2.24, 2.45) is 5.92 Å². The van der Waals surface area contributed by atoms with Gasteiger partial charge in [0.05, 0.1) is 5.92 Å². The molecule has 0 aliphatic carbocycles. The van der Waals surface area contributed by atoms with Gasteiger partial charge in [-0.2, -0.15) is 13.2 Å². The van der Waals surface area contributed by atoms with Crippen molar-refractivity contribution in [1.82, 2.24) is 14.1 Å². The normalized spacial score (nSPS) is 23.7. The lowest BCUT2D eigenvalue weighted by molar-refractivity contribution is -0.169. The molecule has 21 heavy (non-hydrogen) atoms. The van der Waals surface area contributed by atoms with Crippen LogP contribution in [0, 0.1) is 5.92 Å². The van der Waals surface area contributed by atoms with Crippen LogP contribution in [0.15, 0.2) is 0 Å². The molecule has 1 saturated heterocycles. The van der Waals surface area contributed by atoms with E-state index in [1.54, 1.807) is 6.92 Å². The minimum atomic E-state index is -4.67. The molecule has 0 aromatic heterocycles. The van der Waals surface area contributed by atoms with Gasteiger partial charge in [0.25, 0.3) is 0 Å². The van der Waals surface area contributed by atoms with Gasteiger partial charge in [0.1, 0.15) is 5.25 Å². The molecule has 0 N–H and O–H groups in total. The predicted octanol–water partition coefficient (Wildman–Crippen LogP) is 0.812. The summed E-state index contributed by atoms with van der Waals surface area (Å²) in [5.74, 6) is -2.07. The Balaban J connectivity index is 3.10. The average Bonchev–Trinajstić information content (AvgIpc) is 2.82. The summed E-state index contributed by atoms with van der Waals surface area (Å²) in [6, 6.07) is -0.594. The lowest BCUT2D eigenvalue weighted by atomic mass is 10.1. The second-order valence-corrected chi connectivity index (χ2v) is 7.58. The van der Waals surface area contributed by atoms with Crippen LogP contribution < -0.4 is 0 Å². The quantitative estimate of drug-likeness (QED) is 0.769. The van der Waals surface area contributed by atoms with Gasteiger partial charge in [-0.15, -0.1) is 0 Å². The minimum Gasteiger partial charge on any atom is -0.328 e. The lowest BCUT2D eigenvalue weighted by Crippen LogP contribution is -2.43. The van der Waals surface area contributed by atoms with Crippen LogP contribution in [0.3, 0.4) is 0 Å². The van der Waals surface area contributed by atoms with Crippen LogP contribution in [0.4, 0.5) is 18.0 Å². The van der Waals surface area contributed by atoms with E-state index in [0.29, 0.717) is 6.54 Å². The highest BCUT2D eigenvalue weighted by atomic mass is 32.2. The molecule has 124 valence electrons. The Morgan fingerprint density at radius 2 is 1.76 bits per heavy atom. The van der Waals surface area contributed by atoms with Crippen LogP contribution in [0.25, 0.3) is 0 Å². The summed E-state index contributed by atoms with van der Waals surface area (Å²) in [7, 11) is -0.278. The molecule has 0 radical (unpaired) electrons. The van der Waals surface area contributed by atoms with Crippen LogP contribution in [0.5, 0.6) is 0 Å². The van der Waals surface area contributed by atoms with Gasteiger partial charge in [0, 0.05) is 40.8 Å². The number of urea groups is 1. The standard InChI is InChI=1S/C11H20F3N3O3S/c1-5-16(4)10(18)17-6-8(11(12,13)14)9(7-17)21(19,20)15(2)3/h8-9H,5-7H2,1-4H3/t8-,9-/m0/s1. The summed E-state index contributed by atoms with van der Waals surface area (Å²) >= 11 is 0. The molecule has 1 fully saturated rings. The minimum absolute atomic E-state index is 0.330. The summed E-state index contributed by atoms with van der Waals surface area (Å²) in [5.41, 5.74) is 0. The highest BCUT2D eigenvalue weighted by Crippen LogP contribution is 2.37. The molecule has 1 heterocycles. The van der Waals surface area contributed by atoms with Crippen LogP contribution in [-0.4, -0.2) is 80.8 Å². The maximum Gasteiger partial charge on any atom is 0.394 e. The molecule has 10 heteroatoms. The molecule has 2 amide bonds. The maximum absolute atomic E-state index is 13.1. The molecular formula is C11H20F3N3O3S. The number of nitrogens with zero attached hydrogens (tertiary/aromatic N) is 3. The van der Waals surface area contributed by atoms with Gasteiger partial charge < -0.3 is 9.80 Å². The smallest absolute Gasteiger partial charge is 0.328 e. The second-order valence-electron chi connectivity index (χ2n) is 5.22. The summed E-state index contributed by atoms with van der Waals surface area (Å²) in [6.07, 6.45) is -4.67. The van der Waals surface area contributed by atoms with Gasteiger partial charge in [0.15, 0.2) is 0 Å². The fraction of sp³-hybridized carbons (Fsp3) is 0.909. The van der Waals surface area contributed by atoms with Crippen molar-refractivity contribution in [2.45, 2.75) is 18.3 Å². The van der Waals surface area contributed by atoms with E-state index in [1.807, 2.05) is 0 Å². The van der Waals surface area contributed by atoms with E-state index in [0.717, 1.165) is 9.21 Å². The van der Waals surface area contributed by atoms with Crippen molar-refractivity contribution in [3.05, 3.63) is 0 Å². The van der Waals surface area contributed by atoms with E-state index in [-0.39, 0.29) is 0 Å². The van der Waals surface area contributed by atoms with Crippen LogP contribution >= 0.6 is 0 Å². The molecule has 0 aromatic rings. The summed E-state index contributed by atoms with van der Waals surface area (Å²) in [6.45, 7) is 0.929. The Bertz CT molecular complexity index is 493. The summed E-state index contributed by atoms with van der Waals surface area (Å²) < 4.78 is 64.2. The monoisotopic (exact) mass is 331 g/mol. The Hall–Kier alpha value is -1.03. The van der Waals surface area contributed by atoms with Gasteiger partial charge >= 0.3 is 12.2 Å². The molecule has 1 aliphatic heterocycles. The average molecular weight is 331 g/mol. The Morgan fingerprint density at radius 1 is 1.24 bits per heavy atom. The van der Waals surface area contributed by atoms with Crippen molar-refractivity contribution in [3.8, 4) is 0 Å². The summed E-state index contributed by atoms with van der Waals surface area (Å²) in [4.78, 5) is 14.2. The van der Waals surface area contributed by atoms with Crippen molar-refractivity contribution >= 4 is 16.1 Å². The molecule has 6 nitrogen and oxygen atoms in total. The first-order valence-corrected chi connectivity index (χ1v) is 7.91. The zero-order valence-electron chi connectivity index (χ0n) is 12.4. The summed E-state index contributed by atoms with van der Waals surface area (Å²) in [5, 5.41) is -1.67. The van der Waals surface area contributed by atoms with E-state index in [4.69, 9.17) is 0 Å². The Kier molecular flexibility index (Phi) is 5.14. The van der Waals surface area contributed by atoms with Crippen molar-refractivity contribution in [1.29, 1.82) is 0 Å². The van der Waals surface area contributed by atoms with Crippen molar-refractivity contribution in [2.75, 3.05) is 40.8 Å². The number of amides is 2. The number of alkyl halides is 3. The Morgan fingerprint density at radius 3 is 2.14 bits per heavy atom. The highest BCUT2D eigenvalue weighted by Gasteiger charge is 2.56. The molecule has 2 atom stereocenters. The molecule has 1 aliphatic rings. The molecule has 0 saturated carbocycles. The molecule has 0 spiro atoms. The third kappa shape index (κ3) is 3.60. The van der Waals surface area contributed by atoms with Crippen LogP contribution in [0.2, 0.25) is 0 Å². The topological polar surface area (TPSA) is 60.9 Å². The van der Waals surface area contributed by atoms with Gasteiger partial charge in [-0.3, -0.25) is 0 Å². The number of hydrogen-bond donors (Lipinski definition) is 0.